The van der Waals surface area contributed by atoms with Gasteiger partial charge in [-0.15, -0.1) is 11.3 Å². The van der Waals surface area contributed by atoms with E-state index >= 15 is 0 Å². The second-order valence-corrected chi connectivity index (χ2v) is 10.4. The molecule has 1 amide bonds. The Kier molecular flexibility index (Phi) is 6.58. The van der Waals surface area contributed by atoms with Crippen molar-refractivity contribution >= 4 is 54.9 Å². The Morgan fingerprint density at radius 3 is 2.68 bits per heavy atom. The van der Waals surface area contributed by atoms with Gasteiger partial charge >= 0.3 is 0 Å². The number of sulfonamides is 1. The summed E-state index contributed by atoms with van der Waals surface area (Å²) in [6.07, 6.45) is 0. The number of amides is 1. The Balaban J connectivity index is 1.60. The van der Waals surface area contributed by atoms with Crippen LogP contribution in [0.3, 0.4) is 0 Å². The minimum absolute atomic E-state index is 0.0192. The molecule has 9 heteroatoms. The van der Waals surface area contributed by atoms with E-state index in [9.17, 15) is 13.2 Å². The summed E-state index contributed by atoms with van der Waals surface area (Å²) in [5.74, 6) is 0.231. The highest BCUT2D eigenvalue weighted by Crippen LogP contribution is 2.31. The van der Waals surface area contributed by atoms with Gasteiger partial charge in [-0.25, -0.2) is 13.4 Å². The summed E-state index contributed by atoms with van der Waals surface area (Å²) < 4.78 is 27.6. The molecule has 0 saturated carbocycles. The number of nitrogens with one attached hydrogen (secondary N) is 2. The fourth-order valence-corrected chi connectivity index (χ4v) is 5.07. The lowest BCUT2D eigenvalue weighted by molar-refractivity contribution is -0.119. The molecule has 0 fully saturated rings. The van der Waals surface area contributed by atoms with Gasteiger partial charge in [0.2, 0.25) is 15.9 Å². The molecule has 2 N–H and O–H groups in total. The molecule has 3 aromatic rings. The molecule has 0 aliphatic carbocycles. The standard InChI is InChI=1S/C19H21N3O3S3/c1-3-28(24,25)22-15-9-10-16-17(11-15)27-19(21-16)26-12-18(23)20-13(2)14-7-5-4-6-8-14/h4-11,13,22H,3,12H2,1-2H3,(H,20,23)/t13-/m1/s1. The molecular weight excluding hydrogens is 414 g/mol. The molecule has 6 nitrogen and oxygen atoms in total. The van der Waals surface area contributed by atoms with Crippen LogP contribution < -0.4 is 10.0 Å². The molecule has 28 heavy (non-hydrogen) atoms. The summed E-state index contributed by atoms with van der Waals surface area (Å²) in [4.78, 5) is 16.7. The van der Waals surface area contributed by atoms with Crippen molar-refractivity contribution in [2.75, 3.05) is 16.2 Å². The van der Waals surface area contributed by atoms with Gasteiger partial charge in [0.05, 0.1) is 33.5 Å². The maximum absolute atomic E-state index is 12.2. The van der Waals surface area contributed by atoms with Crippen molar-refractivity contribution in [2.45, 2.75) is 24.2 Å². The lowest BCUT2D eigenvalue weighted by atomic mass is 10.1. The number of aromatic nitrogens is 1. The van der Waals surface area contributed by atoms with Crippen LogP contribution in [-0.4, -0.2) is 30.8 Å². The third kappa shape index (κ3) is 5.46. The van der Waals surface area contributed by atoms with Crippen LogP contribution in [0.1, 0.15) is 25.5 Å². The molecular formula is C19H21N3O3S3. The van der Waals surface area contributed by atoms with Gasteiger partial charge in [0.25, 0.3) is 0 Å². The van der Waals surface area contributed by atoms with E-state index in [2.05, 4.69) is 15.0 Å². The third-order valence-corrected chi connectivity index (χ3v) is 7.49. The quantitative estimate of drug-likeness (QED) is 0.522. The molecule has 1 heterocycles. The minimum atomic E-state index is -3.31. The predicted octanol–water partition coefficient (Wildman–Crippen LogP) is 4.03. The Hall–Kier alpha value is -2.10. The lowest BCUT2D eigenvalue weighted by Crippen LogP contribution is -2.28. The smallest absolute Gasteiger partial charge is 0.232 e. The van der Waals surface area contributed by atoms with E-state index < -0.39 is 10.0 Å². The number of fused-ring (bicyclic) bond motifs is 1. The maximum Gasteiger partial charge on any atom is 0.232 e. The van der Waals surface area contributed by atoms with Crippen molar-refractivity contribution in [3.8, 4) is 0 Å². The van der Waals surface area contributed by atoms with E-state index in [1.54, 1.807) is 25.1 Å². The van der Waals surface area contributed by atoms with Crippen LogP contribution in [-0.2, 0) is 14.8 Å². The number of hydrogen-bond donors (Lipinski definition) is 2. The summed E-state index contributed by atoms with van der Waals surface area (Å²) >= 11 is 2.81. The van der Waals surface area contributed by atoms with Crippen molar-refractivity contribution in [3.63, 3.8) is 0 Å². The number of hydrogen-bond acceptors (Lipinski definition) is 6. The topological polar surface area (TPSA) is 88.2 Å². The molecule has 2 aromatic carbocycles. The average molecular weight is 436 g/mol. The van der Waals surface area contributed by atoms with Crippen LogP contribution in [0.15, 0.2) is 52.9 Å². The number of thioether (sulfide) groups is 1. The summed E-state index contributed by atoms with van der Waals surface area (Å²) in [7, 11) is -3.31. The summed E-state index contributed by atoms with van der Waals surface area (Å²) in [5, 5.41) is 2.98. The zero-order valence-corrected chi connectivity index (χ0v) is 18.0. The van der Waals surface area contributed by atoms with Gasteiger partial charge in [-0.05, 0) is 37.6 Å². The van der Waals surface area contributed by atoms with E-state index in [4.69, 9.17) is 0 Å². The van der Waals surface area contributed by atoms with E-state index in [0.29, 0.717) is 5.69 Å². The molecule has 1 aromatic heterocycles. The number of rotatable bonds is 8. The third-order valence-electron chi connectivity index (χ3n) is 4.03. The Morgan fingerprint density at radius 2 is 1.96 bits per heavy atom. The van der Waals surface area contributed by atoms with Crippen LogP contribution >= 0.6 is 23.1 Å². The Morgan fingerprint density at radius 1 is 1.21 bits per heavy atom. The molecule has 0 aliphatic heterocycles. The highest BCUT2D eigenvalue weighted by atomic mass is 32.2. The number of carbonyl (C=O) groups is 1. The van der Waals surface area contributed by atoms with Crippen molar-refractivity contribution in [2.24, 2.45) is 0 Å². The Bertz CT molecular complexity index is 1070. The molecule has 0 aliphatic rings. The monoisotopic (exact) mass is 435 g/mol. The van der Waals surface area contributed by atoms with Crippen LogP contribution in [0.2, 0.25) is 0 Å². The fraction of sp³-hybridized carbons (Fsp3) is 0.263. The lowest BCUT2D eigenvalue weighted by Gasteiger charge is -2.13. The van der Waals surface area contributed by atoms with Crippen LogP contribution in [0.25, 0.3) is 10.2 Å². The SMILES string of the molecule is CCS(=O)(=O)Nc1ccc2nc(SCC(=O)N[C@H](C)c3ccccc3)sc2c1. The first-order valence-electron chi connectivity index (χ1n) is 8.74. The van der Waals surface area contributed by atoms with E-state index in [-0.39, 0.29) is 23.5 Å². The van der Waals surface area contributed by atoms with Gasteiger partial charge in [-0.2, -0.15) is 0 Å². The van der Waals surface area contributed by atoms with Gasteiger partial charge < -0.3 is 5.32 Å². The molecule has 0 unspecified atom stereocenters. The molecule has 0 saturated heterocycles. The van der Waals surface area contributed by atoms with Gasteiger partial charge in [0.15, 0.2) is 4.34 Å². The number of nitrogens with zero attached hydrogens (tertiary/aromatic N) is 1. The molecule has 0 bridgehead atoms. The van der Waals surface area contributed by atoms with E-state index in [0.717, 1.165) is 20.1 Å². The highest BCUT2D eigenvalue weighted by molar-refractivity contribution is 8.01. The van der Waals surface area contributed by atoms with Gasteiger partial charge in [0.1, 0.15) is 0 Å². The van der Waals surface area contributed by atoms with Gasteiger partial charge in [-0.3, -0.25) is 9.52 Å². The van der Waals surface area contributed by atoms with Gasteiger partial charge in [0, 0.05) is 0 Å². The van der Waals surface area contributed by atoms with Crippen LogP contribution in [0.4, 0.5) is 5.69 Å². The number of benzene rings is 2. The number of anilines is 1. The van der Waals surface area contributed by atoms with Crippen LogP contribution in [0.5, 0.6) is 0 Å². The van der Waals surface area contributed by atoms with Crippen molar-refractivity contribution in [3.05, 3.63) is 54.1 Å². The minimum Gasteiger partial charge on any atom is -0.349 e. The first kappa shape index (κ1) is 20.6. The second-order valence-electron chi connectivity index (χ2n) is 6.16. The predicted molar refractivity (Wildman–Crippen MR) is 116 cm³/mol. The first-order valence-corrected chi connectivity index (χ1v) is 12.2. The molecule has 0 spiro atoms. The van der Waals surface area contributed by atoms with Gasteiger partial charge in [-0.1, -0.05) is 42.1 Å². The molecule has 0 radical (unpaired) electrons. The van der Waals surface area contributed by atoms with Crippen LogP contribution in [0, 0.1) is 0 Å². The van der Waals surface area contributed by atoms with E-state index in [1.165, 1.54) is 23.1 Å². The summed E-state index contributed by atoms with van der Waals surface area (Å²) in [6, 6.07) is 15.0. The second kappa shape index (κ2) is 8.93. The summed E-state index contributed by atoms with van der Waals surface area (Å²) in [6.45, 7) is 3.54. The molecule has 3 rings (SSSR count). The van der Waals surface area contributed by atoms with Crippen molar-refractivity contribution < 1.29 is 13.2 Å². The maximum atomic E-state index is 12.2. The molecule has 148 valence electrons. The summed E-state index contributed by atoms with van der Waals surface area (Å²) in [5.41, 5.74) is 2.36. The zero-order valence-electron chi connectivity index (χ0n) is 15.5. The number of carbonyl (C=O) groups excluding carboxylic acids is 1. The van der Waals surface area contributed by atoms with Crippen molar-refractivity contribution in [1.29, 1.82) is 0 Å². The Labute approximate surface area is 172 Å². The fourth-order valence-electron chi connectivity index (χ4n) is 2.52. The van der Waals surface area contributed by atoms with Crippen molar-refractivity contribution in [1.82, 2.24) is 10.3 Å². The average Bonchev–Trinajstić information content (AvgIpc) is 3.09. The molecule has 1 atom stereocenters. The zero-order chi connectivity index (χ0) is 20.1. The normalized spacial score (nSPS) is 12.6. The van der Waals surface area contributed by atoms with E-state index in [1.807, 2.05) is 37.3 Å². The largest absolute Gasteiger partial charge is 0.349 e. The highest BCUT2D eigenvalue weighted by Gasteiger charge is 2.13. The first-order chi connectivity index (χ1) is 13.4. The number of thiazole rings is 1.